The van der Waals surface area contributed by atoms with Gasteiger partial charge in [0.2, 0.25) is 10.0 Å². The summed E-state index contributed by atoms with van der Waals surface area (Å²) in [6.45, 7) is 3.82. The number of aryl methyl sites for hydroxylation is 1. The third-order valence-corrected chi connectivity index (χ3v) is 4.34. The maximum atomic E-state index is 12.3. The van der Waals surface area contributed by atoms with E-state index in [-0.39, 0.29) is 10.8 Å². The minimum absolute atomic E-state index is 0.0107. The van der Waals surface area contributed by atoms with Crippen molar-refractivity contribution in [2.45, 2.75) is 31.3 Å². The fourth-order valence-electron chi connectivity index (χ4n) is 2.05. The van der Waals surface area contributed by atoms with Crippen LogP contribution in [0.3, 0.4) is 0 Å². The van der Waals surface area contributed by atoms with Crippen molar-refractivity contribution in [3.05, 3.63) is 54.1 Å². The fourth-order valence-corrected chi connectivity index (χ4v) is 2.57. The standard InChI is InChI=1S/C17H20N2O4S/c1-3-16(23-14-8-4-12(2)5-9-14)17(20)19-13-6-10-15(11-7-13)24(18,21)22/h4-11,16H,3H2,1-2H3,(H,19,20)(H2,18,21,22). The summed E-state index contributed by atoms with van der Waals surface area (Å²) in [6.07, 6.45) is -0.153. The van der Waals surface area contributed by atoms with Crippen LogP contribution in [0.2, 0.25) is 0 Å². The van der Waals surface area contributed by atoms with Gasteiger partial charge in [0.25, 0.3) is 5.91 Å². The zero-order chi connectivity index (χ0) is 17.7. The van der Waals surface area contributed by atoms with Crippen LogP contribution in [0.1, 0.15) is 18.9 Å². The van der Waals surface area contributed by atoms with Gasteiger partial charge in [-0.05, 0) is 49.7 Å². The zero-order valence-electron chi connectivity index (χ0n) is 13.5. The molecule has 1 amide bonds. The average molecular weight is 348 g/mol. The van der Waals surface area contributed by atoms with E-state index in [1.54, 1.807) is 0 Å². The van der Waals surface area contributed by atoms with Gasteiger partial charge in [-0.3, -0.25) is 4.79 Å². The lowest BCUT2D eigenvalue weighted by molar-refractivity contribution is -0.122. The Morgan fingerprint density at radius 3 is 2.21 bits per heavy atom. The third kappa shape index (κ3) is 4.81. The van der Waals surface area contributed by atoms with Crippen molar-refractivity contribution in [3.63, 3.8) is 0 Å². The SMILES string of the molecule is CCC(Oc1ccc(C)cc1)C(=O)Nc1ccc(S(N)(=O)=O)cc1. The molecule has 24 heavy (non-hydrogen) atoms. The van der Waals surface area contributed by atoms with Crippen molar-refractivity contribution in [3.8, 4) is 5.75 Å². The summed E-state index contributed by atoms with van der Waals surface area (Å²) in [5.74, 6) is 0.314. The Balaban J connectivity index is 2.05. The van der Waals surface area contributed by atoms with Crippen LogP contribution < -0.4 is 15.2 Å². The van der Waals surface area contributed by atoms with E-state index >= 15 is 0 Å². The van der Waals surface area contributed by atoms with Crippen LogP contribution in [0, 0.1) is 6.92 Å². The third-order valence-electron chi connectivity index (χ3n) is 3.41. The molecule has 0 saturated heterocycles. The van der Waals surface area contributed by atoms with Crippen LogP contribution in [0.4, 0.5) is 5.69 Å². The lowest BCUT2D eigenvalue weighted by Gasteiger charge is -2.17. The number of benzene rings is 2. The van der Waals surface area contributed by atoms with Crippen molar-refractivity contribution in [1.82, 2.24) is 0 Å². The second-order valence-electron chi connectivity index (χ2n) is 5.39. The molecule has 0 bridgehead atoms. The molecule has 0 aromatic heterocycles. The first-order valence-corrected chi connectivity index (χ1v) is 9.01. The monoisotopic (exact) mass is 348 g/mol. The largest absolute Gasteiger partial charge is 0.481 e. The number of ether oxygens (including phenoxy) is 1. The van der Waals surface area contributed by atoms with Crippen molar-refractivity contribution in [2.75, 3.05) is 5.32 Å². The molecule has 0 aliphatic rings. The van der Waals surface area contributed by atoms with Crippen molar-refractivity contribution >= 4 is 21.6 Å². The molecule has 0 spiro atoms. The molecule has 0 radical (unpaired) electrons. The lowest BCUT2D eigenvalue weighted by Crippen LogP contribution is -2.32. The van der Waals surface area contributed by atoms with Gasteiger partial charge in [0, 0.05) is 5.69 Å². The number of sulfonamides is 1. The predicted octanol–water partition coefficient (Wildman–Crippen LogP) is 2.44. The Kier molecular flexibility index (Phi) is 5.58. The minimum atomic E-state index is -3.75. The normalized spacial score (nSPS) is 12.5. The summed E-state index contributed by atoms with van der Waals surface area (Å²) in [5, 5.41) is 7.74. The van der Waals surface area contributed by atoms with E-state index in [9.17, 15) is 13.2 Å². The number of hydrogen-bond acceptors (Lipinski definition) is 4. The van der Waals surface area contributed by atoms with Crippen LogP contribution >= 0.6 is 0 Å². The predicted molar refractivity (Wildman–Crippen MR) is 92.3 cm³/mol. The van der Waals surface area contributed by atoms with Gasteiger partial charge >= 0.3 is 0 Å². The van der Waals surface area contributed by atoms with E-state index in [1.165, 1.54) is 24.3 Å². The highest BCUT2D eigenvalue weighted by atomic mass is 32.2. The maximum Gasteiger partial charge on any atom is 0.265 e. The second-order valence-corrected chi connectivity index (χ2v) is 6.95. The first kappa shape index (κ1) is 18.0. The molecule has 2 aromatic carbocycles. The number of nitrogens with one attached hydrogen (secondary N) is 1. The van der Waals surface area contributed by atoms with Gasteiger partial charge in [-0.2, -0.15) is 0 Å². The fraction of sp³-hybridized carbons (Fsp3) is 0.235. The molecule has 0 heterocycles. The summed E-state index contributed by atoms with van der Waals surface area (Å²) in [6, 6.07) is 13.1. The smallest absolute Gasteiger partial charge is 0.265 e. The number of hydrogen-bond donors (Lipinski definition) is 2. The molecule has 0 aliphatic heterocycles. The molecule has 0 saturated carbocycles. The van der Waals surface area contributed by atoms with Crippen molar-refractivity contribution in [2.24, 2.45) is 5.14 Å². The summed E-state index contributed by atoms with van der Waals surface area (Å²) in [7, 11) is -3.75. The molecule has 6 nitrogen and oxygen atoms in total. The van der Waals surface area contributed by atoms with Crippen LogP contribution in [0.25, 0.3) is 0 Å². The quantitative estimate of drug-likeness (QED) is 0.837. The topological polar surface area (TPSA) is 98.5 Å². The molecule has 0 fully saturated rings. The van der Waals surface area contributed by atoms with Gasteiger partial charge in [0.05, 0.1) is 4.90 Å². The molecule has 128 valence electrons. The van der Waals surface area contributed by atoms with Crippen LogP contribution in [0.5, 0.6) is 5.75 Å². The van der Waals surface area contributed by atoms with Crippen LogP contribution in [0.15, 0.2) is 53.4 Å². The number of carbonyl (C=O) groups is 1. The Morgan fingerprint density at radius 1 is 1.12 bits per heavy atom. The van der Waals surface area contributed by atoms with Gasteiger partial charge in [-0.1, -0.05) is 24.6 Å². The first-order chi connectivity index (χ1) is 11.3. The van der Waals surface area contributed by atoms with Crippen LogP contribution in [-0.2, 0) is 14.8 Å². The summed E-state index contributed by atoms with van der Waals surface area (Å²) in [4.78, 5) is 12.3. The van der Waals surface area contributed by atoms with E-state index in [0.29, 0.717) is 17.9 Å². The highest BCUT2D eigenvalue weighted by Crippen LogP contribution is 2.17. The highest BCUT2D eigenvalue weighted by molar-refractivity contribution is 7.89. The molecule has 1 atom stereocenters. The average Bonchev–Trinajstić information content (AvgIpc) is 2.54. The Bertz CT molecular complexity index is 799. The Morgan fingerprint density at radius 2 is 1.71 bits per heavy atom. The molecule has 2 rings (SSSR count). The lowest BCUT2D eigenvalue weighted by atomic mass is 10.2. The molecule has 1 unspecified atom stereocenters. The number of amides is 1. The van der Waals surface area contributed by atoms with Gasteiger partial charge < -0.3 is 10.1 Å². The number of anilines is 1. The van der Waals surface area contributed by atoms with Gasteiger partial charge in [-0.15, -0.1) is 0 Å². The van der Waals surface area contributed by atoms with Crippen molar-refractivity contribution in [1.29, 1.82) is 0 Å². The molecule has 0 aliphatic carbocycles. The van der Waals surface area contributed by atoms with Gasteiger partial charge in [0.15, 0.2) is 6.10 Å². The van der Waals surface area contributed by atoms with E-state index < -0.39 is 16.1 Å². The number of carbonyl (C=O) groups excluding carboxylic acids is 1. The minimum Gasteiger partial charge on any atom is -0.481 e. The summed E-state index contributed by atoms with van der Waals surface area (Å²) >= 11 is 0. The number of rotatable bonds is 6. The maximum absolute atomic E-state index is 12.3. The van der Waals surface area contributed by atoms with E-state index in [0.717, 1.165) is 5.56 Å². The van der Waals surface area contributed by atoms with Gasteiger partial charge in [0.1, 0.15) is 5.75 Å². The Hall–Kier alpha value is -2.38. The van der Waals surface area contributed by atoms with Crippen molar-refractivity contribution < 1.29 is 17.9 Å². The summed E-state index contributed by atoms with van der Waals surface area (Å²) < 4.78 is 28.1. The second kappa shape index (κ2) is 7.46. The van der Waals surface area contributed by atoms with Crippen LogP contribution in [-0.4, -0.2) is 20.4 Å². The molecule has 3 N–H and O–H groups in total. The number of primary sulfonamides is 1. The molecule has 2 aromatic rings. The number of nitrogens with two attached hydrogens (primary N) is 1. The molecular weight excluding hydrogens is 328 g/mol. The highest BCUT2D eigenvalue weighted by Gasteiger charge is 2.18. The Labute approximate surface area is 141 Å². The van der Waals surface area contributed by atoms with E-state index in [4.69, 9.17) is 9.88 Å². The first-order valence-electron chi connectivity index (χ1n) is 7.46. The zero-order valence-corrected chi connectivity index (χ0v) is 14.3. The van der Waals surface area contributed by atoms with E-state index in [1.807, 2.05) is 38.1 Å². The van der Waals surface area contributed by atoms with E-state index in [2.05, 4.69) is 5.32 Å². The molecular formula is C17H20N2O4S. The molecule has 7 heteroatoms. The summed E-state index contributed by atoms with van der Waals surface area (Å²) in [5.41, 5.74) is 1.58. The van der Waals surface area contributed by atoms with Gasteiger partial charge in [-0.25, -0.2) is 13.6 Å².